The van der Waals surface area contributed by atoms with E-state index in [0.717, 1.165) is 47.2 Å². The average Bonchev–Trinajstić information content (AvgIpc) is 3.06. The molecule has 1 saturated heterocycles. The molecular formula is C15H18N2O2. The Kier molecular flexibility index (Phi) is 3.03. The van der Waals surface area contributed by atoms with Crippen LogP contribution in [0.25, 0.3) is 10.9 Å². The highest BCUT2D eigenvalue weighted by Crippen LogP contribution is 2.30. The number of aromatic amines is 1. The quantitative estimate of drug-likeness (QED) is 0.831. The molecule has 2 aromatic rings. The van der Waals surface area contributed by atoms with Crippen LogP contribution in [0.2, 0.25) is 0 Å². The van der Waals surface area contributed by atoms with Crippen LogP contribution in [0, 0.1) is 6.92 Å². The Bertz CT molecular complexity index is 624. The van der Waals surface area contributed by atoms with Crippen molar-refractivity contribution >= 4 is 16.7 Å². The number of benzene rings is 1. The molecule has 1 aromatic carbocycles. The Morgan fingerprint density at radius 1 is 1.42 bits per heavy atom. The number of carbonyl (C=O) groups excluding carboxylic acids is 1. The highest BCUT2D eigenvalue weighted by molar-refractivity contribution is 6.11. The van der Waals surface area contributed by atoms with E-state index >= 15 is 0 Å². The van der Waals surface area contributed by atoms with Gasteiger partial charge < -0.3 is 15.0 Å². The van der Waals surface area contributed by atoms with Gasteiger partial charge in [0.1, 0.15) is 5.75 Å². The molecule has 0 spiro atoms. The summed E-state index contributed by atoms with van der Waals surface area (Å²) in [6, 6.07) is 3.97. The van der Waals surface area contributed by atoms with E-state index in [1.165, 1.54) is 0 Å². The molecule has 0 radical (unpaired) electrons. The number of aromatic nitrogens is 1. The number of nitrogens with one attached hydrogen (secondary N) is 2. The summed E-state index contributed by atoms with van der Waals surface area (Å²) in [6.07, 6.45) is 3.80. The normalized spacial score (nSPS) is 18.9. The number of ketones is 1. The van der Waals surface area contributed by atoms with Gasteiger partial charge in [-0.05, 0) is 44.0 Å². The van der Waals surface area contributed by atoms with E-state index in [-0.39, 0.29) is 11.8 Å². The second kappa shape index (κ2) is 4.70. The minimum Gasteiger partial charge on any atom is -0.495 e. The van der Waals surface area contributed by atoms with Crippen molar-refractivity contribution in [1.82, 2.24) is 10.3 Å². The molecule has 4 heteroatoms. The molecule has 100 valence electrons. The number of methoxy groups -OCH3 is 1. The van der Waals surface area contributed by atoms with E-state index in [9.17, 15) is 4.79 Å². The molecule has 0 saturated carbocycles. The Hall–Kier alpha value is -1.81. The van der Waals surface area contributed by atoms with E-state index in [4.69, 9.17) is 4.74 Å². The average molecular weight is 258 g/mol. The van der Waals surface area contributed by atoms with Crippen LogP contribution in [0.4, 0.5) is 0 Å². The topological polar surface area (TPSA) is 54.1 Å². The largest absolute Gasteiger partial charge is 0.495 e. The molecule has 0 aliphatic carbocycles. The lowest BCUT2D eigenvalue weighted by Crippen LogP contribution is -2.30. The predicted molar refractivity (Wildman–Crippen MR) is 74.9 cm³/mol. The van der Waals surface area contributed by atoms with Crippen LogP contribution in [0.1, 0.15) is 28.8 Å². The lowest BCUT2D eigenvalue weighted by molar-refractivity contribution is 0.0954. The first-order valence-electron chi connectivity index (χ1n) is 6.64. The molecule has 4 nitrogen and oxygen atoms in total. The number of rotatable bonds is 3. The van der Waals surface area contributed by atoms with Gasteiger partial charge in [-0.15, -0.1) is 0 Å². The number of hydrogen-bond acceptors (Lipinski definition) is 3. The van der Waals surface area contributed by atoms with Gasteiger partial charge in [-0.25, -0.2) is 0 Å². The van der Waals surface area contributed by atoms with E-state index in [1.807, 2.05) is 19.1 Å². The Labute approximate surface area is 112 Å². The SMILES string of the molecule is COc1cc(C)cc2c(C(=O)C3CCCN3)c[nH]c12. The molecule has 2 heterocycles. The van der Waals surface area contributed by atoms with Gasteiger partial charge in [-0.1, -0.05) is 0 Å². The fourth-order valence-corrected chi connectivity index (χ4v) is 2.80. The highest BCUT2D eigenvalue weighted by atomic mass is 16.5. The first-order valence-corrected chi connectivity index (χ1v) is 6.64. The number of aryl methyl sites for hydroxylation is 1. The predicted octanol–water partition coefficient (Wildman–Crippen LogP) is 2.42. The highest BCUT2D eigenvalue weighted by Gasteiger charge is 2.25. The van der Waals surface area contributed by atoms with Crippen LogP contribution < -0.4 is 10.1 Å². The number of H-pyrrole nitrogens is 1. The summed E-state index contributed by atoms with van der Waals surface area (Å²) < 4.78 is 5.37. The summed E-state index contributed by atoms with van der Waals surface area (Å²) in [6.45, 7) is 2.94. The number of carbonyl (C=O) groups is 1. The molecular weight excluding hydrogens is 240 g/mol. The maximum absolute atomic E-state index is 12.5. The van der Waals surface area contributed by atoms with Gasteiger partial charge in [0.25, 0.3) is 0 Å². The number of fused-ring (bicyclic) bond motifs is 1. The second-order valence-electron chi connectivity index (χ2n) is 5.11. The number of Topliss-reactive ketones (excluding diaryl/α,β-unsaturated/α-hetero) is 1. The van der Waals surface area contributed by atoms with Gasteiger partial charge in [-0.3, -0.25) is 4.79 Å². The van der Waals surface area contributed by atoms with Crippen molar-refractivity contribution in [2.75, 3.05) is 13.7 Å². The monoisotopic (exact) mass is 258 g/mol. The molecule has 1 aliphatic rings. The summed E-state index contributed by atoms with van der Waals surface area (Å²) in [5, 5.41) is 4.21. The van der Waals surface area contributed by atoms with Crippen LogP contribution in [0.3, 0.4) is 0 Å². The van der Waals surface area contributed by atoms with Gasteiger partial charge in [0, 0.05) is 17.1 Å². The molecule has 0 bridgehead atoms. The van der Waals surface area contributed by atoms with E-state index in [0.29, 0.717) is 0 Å². The summed E-state index contributed by atoms with van der Waals surface area (Å²) in [4.78, 5) is 15.7. The van der Waals surface area contributed by atoms with Crippen molar-refractivity contribution in [3.05, 3.63) is 29.5 Å². The summed E-state index contributed by atoms with van der Waals surface area (Å²) in [5.74, 6) is 0.963. The molecule has 3 rings (SSSR count). The van der Waals surface area contributed by atoms with Crippen LogP contribution in [0.15, 0.2) is 18.3 Å². The zero-order chi connectivity index (χ0) is 13.4. The minimum atomic E-state index is -0.0366. The summed E-state index contributed by atoms with van der Waals surface area (Å²) >= 11 is 0. The third kappa shape index (κ3) is 2.02. The van der Waals surface area contributed by atoms with Gasteiger partial charge >= 0.3 is 0 Å². The fourth-order valence-electron chi connectivity index (χ4n) is 2.80. The van der Waals surface area contributed by atoms with E-state index < -0.39 is 0 Å². The van der Waals surface area contributed by atoms with Gasteiger partial charge in [0.15, 0.2) is 5.78 Å². The number of ether oxygens (including phenoxy) is 1. The lowest BCUT2D eigenvalue weighted by atomic mass is 10.0. The summed E-state index contributed by atoms with van der Waals surface area (Å²) in [7, 11) is 1.65. The zero-order valence-corrected chi connectivity index (χ0v) is 11.2. The Morgan fingerprint density at radius 3 is 2.95 bits per heavy atom. The molecule has 0 amide bonds. The van der Waals surface area contributed by atoms with Crippen LogP contribution in [-0.2, 0) is 0 Å². The van der Waals surface area contributed by atoms with Crippen LogP contribution in [-0.4, -0.2) is 30.5 Å². The molecule has 19 heavy (non-hydrogen) atoms. The minimum absolute atomic E-state index is 0.0366. The molecule has 2 N–H and O–H groups in total. The van der Waals surface area contributed by atoms with Gasteiger partial charge in [0.05, 0.1) is 18.7 Å². The molecule has 1 atom stereocenters. The van der Waals surface area contributed by atoms with E-state index in [2.05, 4.69) is 10.3 Å². The Morgan fingerprint density at radius 2 is 2.26 bits per heavy atom. The smallest absolute Gasteiger partial charge is 0.181 e. The van der Waals surface area contributed by atoms with Crippen LogP contribution in [0.5, 0.6) is 5.75 Å². The first kappa shape index (κ1) is 12.2. The van der Waals surface area contributed by atoms with Gasteiger partial charge in [-0.2, -0.15) is 0 Å². The van der Waals surface area contributed by atoms with Crippen molar-refractivity contribution < 1.29 is 9.53 Å². The van der Waals surface area contributed by atoms with Crippen molar-refractivity contribution in [3.8, 4) is 5.75 Å². The van der Waals surface area contributed by atoms with Crippen molar-refractivity contribution in [2.24, 2.45) is 0 Å². The fraction of sp³-hybridized carbons (Fsp3) is 0.400. The first-order chi connectivity index (χ1) is 9.20. The summed E-state index contributed by atoms with van der Waals surface area (Å²) in [5.41, 5.74) is 2.75. The molecule has 1 fully saturated rings. The Balaban J connectivity index is 2.09. The third-order valence-corrected chi connectivity index (χ3v) is 3.76. The maximum Gasteiger partial charge on any atom is 0.181 e. The van der Waals surface area contributed by atoms with Crippen molar-refractivity contribution in [2.45, 2.75) is 25.8 Å². The lowest BCUT2D eigenvalue weighted by Gasteiger charge is -2.08. The standard InChI is InChI=1S/C15H18N2O2/c1-9-6-10-11(15(18)12-4-3-5-16-12)8-17-14(10)13(7-9)19-2/h6-8,12,16-17H,3-5H2,1-2H3. The van der Waals surface area contributed by atoms with Gasteiger partial charge in [0.2, 0.25) is 0 Å². The second-order valence-corrected chi connectivity index (χ2v) is 5.11. The third-order valence-electron chi connectivity index (χ3n) is 3.76. The molecule has 1 unspecified atom stereocenters. The molecule has 1 aromatic heterocycles. The number of hydrogen-bond donors (Lipinski definition) is 2. The van der Waals surface area contributed by atoms with Crippen molar-refractivity contribution in [3.63, 3.8) is 0 Å². The van der Waals surface area contributed by atoms with Crippen molar-refractivity contribution in [1.29, 1.82) is 0 Å². The molecule has 1 aliphatic heterocycles. The van der Waals surface area contributed by atoms with Crippen LogP contribution >= 0.6 is 0 Å². The van der Waals surface area contributed by atoms with E-state index in [1.54, 1.807) is 13.3 Å². The zero-order valence-electron chi connectivity index (χ0n) is 11.2. The maximum atomic E-state index is 12.5.